The Labute approximate surface area is 225 Å². The molecule has 0 spiro atoms. The van der Waals surface area contributed by atoms with Crippen LogP contribution in [0.2, 0.25) is 5.02 Å². The van der Waals surface area contributed by atoms with E-state index in [-0.39, 0.29) is 22.2 Å². The smallest absolute Gasteiger partial charge is 0.389 e. The third kappa shape index (κ3) is 4.71. The summed E-state index contributed by atoms with van der Waals surface area (Å²) in [5.74, 6) is -1.08. The van der Waals surface area contributed by atoms with Crippen LogP contribution in [0.1, 0.15) is 34.5 Å². The number of hydrogen-bond acceptors (Lipinski definition) is 4. The number of nitriles is 1. The van der Waals surface area contributed by atoms with E-state index in [0.29, 0.717) is 23.0 Å². The van der Waals surface area contributed by atoms with Gasteiger partial charge in [0.05, 0.1) is 34.1 Å². The van der Waals surface area contributed by atoms with Gasteiger partial charge >= 0.3 is 18.0 Å². The van der Waals surface area contributed by atoms with Crippen molar-refractivity contribution in [3.05, 3.63) is 58.5 Å². The average Bonchev–Trinajstić information content (AvgIpc) is 3.27. The maximum absolute atomic E-state index is 14.9. The first kappa shape index (κ1) is 28.4. The van der Waals surface area contributed by atoms with Crippen molar-refractivity contribution in [2.75, 3.05) is 0 Å². The van der Waals surface area contributed by atoms with Crippen molar-refractivity contribution in [3.8, 4) is 23.0 Å². The monoisotopic (exact) mass is 592 g/mol. The lowest BCUT2D eigenvalue weighted by Gasteiger charge is -2.30. The topological polar surface area (TPSA) is 102 Å². The van der Waals surface area contributed by atoms with E-state index in [1.807, 2.05) is 6.07 Å². The highest BCUT2D eigenvalue weighted by molar-refractivity contribution is 7.80. The second-order valence-electron chi connectivity index (χ2n) is 8.86. The first-order valence-corrected chi connectivity index (χ1v) is 11.7. The van der Waals surface area contributed by atoms with Crippen LogP contribution in [-0.4, -0.2) is 43.1 Å². The molecule has 4 rings (SSSR count). The zero-order chi connectivity index (χ0) is 29.1. The average molecular weight is 593 g/mol. The lowest BCUT2D eigenvalue weighted by Crippen LogP contribution is -2.51. The largest absolute Gasteiger partial charge is 0.437 e. The minimum Gasteiger partial charge on any atom is -0.389 e. The Morgan fingerprint density at radius 3 is 2.26 bits per heavy atom. The Morgan fingerprint density at radius 1 is 1.13 bits per heavy atom. The number of carbonyl (C=O) groups is 1. The van der Waals surface area contributed by atoms with Crippen LogP contribution in [0.5, 0.6) is 0 Å². The van der Waals surface area contributed by atoms with E-state index in [9.17, 15) is 40.8 Å². The number of nitrogens with zero attached hydrogens (tertiary/aromatic N) is 4. The quantitative estimate of drug-likeness (QED) is 0.301. The van der Waals surface area contributed by atoms with Gasteiger partial charge in [-0.25, -0.2) is 9.07 Å². The number of nitrogens with two attached hydrogens (primary N) is 1. The summed E-state index contributed by atoms with van der Waals surface area (Å²) in [5, 5.41) is 15.9. The van der Waals surface area contributed by atoms with Gasteiger partial charge in [0.1, 0.15) is 16.3 Å². The number of alkyl halides is 7. The van der Waals surface area contributed by atoms with Gasteiger partial charge in [-0.05, 0) is 36.6 Å². The molecule has 0 radical (unpaired) electrons. The number of halogens is 8. The molecule has 0 aliphatic heterocycles. The van der Waals surface area contributed by atoms with E-state index < -0.39 is 51.5 Å². The molecule has 1 fully saturated rings. The van der Waals surface area contributed by atoms with Crippen molar-refractivity contribution in [1.82, 2.24) is 19.7 Å². The van der Waals surface area contributed by atoms with E-state index in [1.54, 1.807) is 0 Å². The molecule has 1 amide bonds. The first-order valence-electron chi connectivity index (χ1n) is 10.9. The van der Waals surface area contributed by atoms with Crippen LogP contribution in [-0.2, 0) is 12.7 Å². The van der Waals surface area contributed by atoms with Crippen LogP contribution in [0.4, 0.5) is 30.7 Å². The van der Waals surface area contributed by atoms with E-state index in [2.05, 4.69) is 10.4 Å². The van der Waals surface area contributed by atoms with E-state index in [4.69, 9.17) is 29.6 Å². The van der Waals surface area contributed by atoms with Crippen LogP contribution in [0.15, 0.2) is 36.7 Å². The molecule has 2 aromatic heterocycles. The van der Waals surface area contributed by atoms with Crippen molar-refractivity contribution >= 4 is 34.7 Å². The van der Waals surface area contributed by atoms with Crippen LogP contribution in [0, 0.1) is 11.3 Å². The van der Waals surface area contributed by atoms with Crippen LogP contribution >= 0.6 is 23.8 Å². The molecular formula is C23H16ClF7N6OS. The number of thiocarbonyl (C=S) groups is 1. The van der Waals surface area contributed by atoms with Crippen molar-refractivity contribution in [2.45, 2.75) is 36.4 Å². The van der Waals surface area contributed by atoms with Crippen LogP contribution < -0.4 is 11.1 Å². The second-order valence-corrected chi connectivity index (χ2v) is 9.71. The maximum atomic E-state index is 14.9. The van der Waals surface area contributed by atoms with E-state index in [0.717, 1.165) is 11.7 Å². The highest BCUT2D eigenvalue weighted by Crippen LogP contribution is 2.54. The summed E-state index contributed by atoms with van der Waals surface area (Å²) in [6.45, 7) is 0. The predicted octanol–water partition coefficient (Wildman–Crippen LogP) is 5.24. The molecule has 1 aliphatic rings. The second kappa shape index (κ2) is 9.23. The molecule has 39 heavy (non-hydrogen) atoms. The van der Waals surface area contributed by atoms with Crippen molar-refractivity contribution in [3.63, 3.8) is 0 Å². The molecule has 7 nitrogen and oxygen atoms in total. The Morgan fingerprint density at radius 2 is 1.74 bits per heavy atom. The molecule has 0 unspecified atom stereocenters. The van der Waals surface area contributed by atoms with Gasteiger partial charge in [-0.1, -0.05) is 29.9 Å². The molecule has 1 saturated carbocycles. The summed E-state index contributed by atoms with van der Waals surface area (Å²) in [5.41, 5.74) is -2.81. The highest BCUT2D eigenvalue weighted by Gasteiger charge is 2.75. The first-order chi connectivity index (χ1) is 18.0. The summed E-state index contributed by atoms with van der Waals surface area (Å²) >= 11 is 11.0. The minimum absolute atomic E-state index is 0.0194. The van der Waals surface area contributed by atoms with E-state index >= 15 is 0 Å². The van der Waals surface area contributed by atoms with Gasteiger partial charge in [0.25, 0.3) is 5.91 Å². The Hall–Kier alpha value is -3.64. The maximum Gasteiger partial charge on any atom is 0.437 e. The standard InChI is InChI=1S/C23H16ClF7N6OS/c1-36-16(21(25,22(26,27)28)23(29,30)31)7-14(17(33)39)19(36)37-9-12(8-34-37)11-2-3-15(24)13(6-11)18(38)35-20(10-32)4-5-20/h2-3,6-9H,4-5H2,1H3,(H2,33,39)(H,35,38). The van der Waals surface area contributed by atoms with Gasteiger partial charge in [0, 0.05) is 18.8 Å². The number of nitrogens with one attached hydrogen (secondary N) is 1. The van der Waals surface area contributed by atoms with Gasteiger partial charge in [-0.15, -0.1) is 0 Å². The molecule has 0 atom stereocenters. The number of benzene rings is 1. The normalized spacial score (nSPS) is 15.1. The zero-order valence-electron chi connectivity index (χ0n) is 19.6. The van der Waals surface area contributed by atoms with Gasteiger partial charge in [-0.3, -0.25) is 4.79 Å². The third-order valence-corrected chi connectivity index (χ3v) is 6.81. The van der Waals surface area contributed by atoms with Crippen molar-refractivity contribution in [2.24, 2.45) is 12.8 Å². The fourth-order valence-corrected chi connectivity index (χ4v) is 4.33. The fraction of sp³-hybridized carbons (Fsp3) is 0.304. The fourth-order valence-electron chi connectivity index (χ4n) is 3.97. The molecule has 206 valence electrons. The molecular weight excluding hydrogens is 577 g/mol. The van der Waals surface area contributed by atoms with Gasteiger partial charge < -0.3 is 15.6 Å². The molecule has 2 heterocycles. The summed E-state index contributed by atoms with van der Waals surface area (Å²) in [7, 11) is 0.785. The van der Waals surface area contributed by atoms with Crippen LogP contribution in [0.3, 0.4) is 0 Å². The van der Waals surface area contributed by atoms with Gasteiger partial charge in [-0.2, -0.15) is 36.7 Å². The summed E-state index contributed by atoms with van der Waals surface area (Å²) in [6.07, 6.45) is -9.35. The minimum atomic E-state index is -6.36. The Balaban J connectivity index is 1.79. The number of amides is 1. The lowest BCUT2D eigenvalue weighted by molar-refractivity contribution is -0.350. The van der Waals surface area contributed by atoms with Crippen molar-refractivity contribution in [1.29, 1.82) is 5.26 Å². The van der Waals surface area contributed by atoms with Crippen LogP contribution in [0.25, 0.3) is 16.9 Å². The number of aromatic nitrogens is 3. The summed E-state index contributed by atoms with van der Waals surface area (Å²) in [6, 6.07) is 6.55. The molecule has 16 heteroatoms. The molecule has 3 N–H and O–H groups in total. The summed E-state index contributed by atoms with van der Waals surface area (Å²) < 4.78 is 96.8. The third-order valence-electron chi connectivity index (χ3n) is 6.26. The molecule has 0 bridgehead atoms. The van der Waals surface area contributed by atoms with Gasteiger partial charge in [0.2, 0.25) is 0 Å². The molecule has 1 aliphatic carbocycles. The van der Waals surface area contributed by atoms with E-state index in [1.165, 1.54) is 30.6 Å². The molecule has 1 aromatic carbocycles. The van der Waals surface area contributed by atoms with Crippen molar-refractivity contribution < 1.29 is 35.5 Å². The number of rotatable bonds is 6. The highest BCUT2D eigenvalue weighted by atomic mass is 35.5. The SMILES string of the molecule is Cn1c(C(F)(C(F)(F)F)C(F)(F)F)cc(C(N)=S)c1-n1cc(-c2ccc(Cl)c(C(=O)NC3(C#N)CC3)c2)cn1. The predicted molar refractivity (Wildman–Crippen MR) is 129 cm³/mol. The lowest BCUT2D eigenvalue weighted by atomic mass is 10.00. The zero-order valence-corrected chi connectivity index (χ0v) is 21.2. The number of carbonyl (C=O) groups excluding carboxylic acids is 1. The number of hydrogen-bond donors (Lipinski definition) is 2. The molecule has 0 saturated heterocycles. The Kier molecular flexibility index (Phi) is 6.72. The molecule has 3 aromatic rings. The van der Waals surface area contributed by atoms with Gasteiger partial charge in [0.15, 0.2) is 0 Å². The summed E-state index contributed by atoms with van der Waals surface area (Å²) in [4.78, 5) is 12.1. The Bertz CT molecular complexity index is 1520.